The second-order valence-corrected chi connectivity index (χ2v) is 5.04. The maximum absolute atomic E-state index is 11.9. The minimum atomic E-state index is -0.513. The molecule has 0 saturated carbocycles. The van der Waals surface area contributed by atoms with Gasteiger partial charge < -0.3 is 10.5 Å². The van der Waals surface area contributed by atoms with Gasteiger partial charge in [-0.25, -0.2) is 4.79 Å². The van der Waals surface area contributed by atoms with Crippen molar-refractivity contribution in [1.29, 1.82) is 0 Å². The summed E-state index contributed by atoms with van der Waals surface area (Å²) >= 11 is 5.97. The molecule has 0 saturated heterocycles. The molecule has 106 valence electrons. The van der Waals surface area contributed by atoms with Crippen LogP contribution in [0.2, 0.25) is 5.02 Å². The van der Waals surface area contributed by atoms with Gasteiger partial charge in [0.15, 0.2) is 0 Å². The van der Waals surface area contributed by atoms with E-state index in [-0.39, 0.29) is 23.2 Å². The molecule has 20 heavy (non-hydrogen) atoms. The molecular formula is C14H16ClN3O2. The number of halogens is 1. The van der Waals surface area contributed by atoms with E-state index in [1.54, 1.807) is 22.9 Å². The van der Waals surface area contributed by atoms with Crippen LogP contribution in [0.25, 0.3) is 0 Å². The third-order valence-electron chi connectivity index (χ3n) is 2.79. The first-order chi connectivity index (χ1) is 9.49. The molecule has 0 aliphatic heterocycles. The van der Waals surface area contributed by atoms with Crippen LogP contribution in [0.15, 0.2) is 30.5 Å². The zero-order valence-electron chi connectivity index (χ0n) is 11.3. The monoisotopic (exact) mass is 293 g/mol. The van der Waals surface area contributed by atoms with Gasteiger partial charge in [-0.05, 0) is 32.0 Å². The Morgan fingerprint density at radius 1 is 1.45 bits per heavy atom. The van der Waals surface area contributed by atoms with Crippen LogP contribution < -0.4 is 5.73 Å². The summed E-state index contributed by atoms with van der Waals surface area (Å²) in [5.74, 6) is -0.513. The van der Waals surface area contributed by atoms with E-state index < -0.39 is 5.97 Å². The van der Waals surface area contributed by atoms with E-state index in [2.05, 4.69) is 5.10 Å². The number of nitrogens with zero attached hydrogens (tertiary/aromatic N) is 2. The molecule has 0 amide bonds. The molecule has 2 rings (SSSR count). The number of esters is 1. The molecule has 0 bridgehead atoms. The minimum absolute atomic E-state index is 0.101. The molecule has 0 radical (unpaired) electrons. The van der Waals surface area contributed by atoms with Gasteiger partial charge in [0.25, 0.3) is 0 Å². The SMILES string of the molecule is CC(C)n1ccc(COC(=O)c2cccc(N)c2Cl)n1. The van der Waals surface area contributed by atoms with Crippen molar-refractivity contribution in [3.05, 3.63) is 46.7 Å². The first kappa shape index (κ1) is 14.4. The Balaban J connectivity index is 2.03. The molecule has 2 N–H and O–H groups in total. The summed E-state index contributed by atoms with van der Waals surface area (Å²) in [4.78, 5) is 11.9. The highest BCUT2D eigenvalue weighted by Gasteiger charge is 2.14. The van der Waals surface area contributed by atoms with E-state index in [1.807, 2.05) is 26.1 Å². The predicted octanol–water partition coefficient (Wildman–Crippen LogP) is 3.06. The van der Waals surface area contributed by atoms with Gasteiger partial charge in [0, 0.05) is 12.2 Å². The fourth-order valence-corrected chi connectivity index (χ4v) is 1.87. The van der Waals surface area contributed by atoms with E-state index >= 15 is 0 Å². The Morgan fingerprint density at radius 2 is 2.20 bits per heavy atom. The number of rotatable bonds is 4. The van der Waals surface area contributed by atoms with Crippen LogP contribution in [0, 0.1) is 0 Å². The van der Waals surface area contributed by atoms with Gasteiger partial charge in [0.1, 0.15) is 6.61 Å². The van der Waals surface area contributed by atoms with Gasteiger partial charge in [-0.3, -0.25) is 4.68 Å². The van der Waals surface area contributed by atoms with Crippen molar-refractivity contribution in [3.8, 4) is 0 Å². The van der Waals surface area contributed by atoms with Crippen molar-refractivity contribution in [2.24, 2.45) is 0 Å². The number of aromatic nitrogens is 2. The molecule has 0 aliphatic rings. The third-order valence-corrected chi connectivity index (χ3v) is 3.21. The summed E-state index contributed by atoms with van der Waals surface area (Å²) in [5, 5.41) is 4.51. The number of carbonyl (C=O) groups excluding carboxylic acids is 1. The minimum Gasteiger partial charge on any atom is -0.455 e. The van der Waals surface area contributed by atoms with E-state index in [0.29, 0.717) is 11.4 Å². The van der Waals surface area contributed by atoms with E-state index in [9.17, 15) is 4.79 Å². The average Bonchev–Trinajstić information content (AvgIpc) is 2.88. The normalized spacial score (nSPS) is 10.8. The van der Waals surface area contributed by atoms with Crippen molar-refractivity contribution in [3.63, 3.8) is 0 Å². The Kier molecular flexibility index (Phi) is 4.29. The molecule has 6 heteroatoms. The van der Waals surface area contributed by atoms with Gasteiger partial charge in [0.05, 0.1) is 22.0 Å². The smallest absolute Gasteiger partial charge is 0.340 e. The number of hydrogen-bond acceptors (Lipinski definition) is 4. The number of nitrogen functional groups attached to an aromatic ring is 1. The second kappa shape index (κ2) is 5.96. The number of nitrogens with two attached hydrogens (primary N) is 1. The average molecular weight is 294 g/mol. The third kappa shape index (κ3) is 3.11. The number of anilines is 1. The van der Waals surface area contributed by atoms with Crippen LogP contribution >= 0.6 is 11.6 Å². The van der Waals surface area contributed by atoms with Crippen molar-refractivity contribution in [1.82, 2.24) is 9.78 Å². The van der Waals surface area contributed by atoms with E-state index in [0.717, 1.165) is 0 Å². The standard InChI is InChI=1S/C14H16ClN3O2/c1-9(2)18-7-6-10(17-18)8-20-14(19)11-4-3-5-12(16)13(11)15/h3-7,9H,8,16H2,1-2H3. The zero-order valence-corrected chi connectivity index (χ0v) is 12.1. The van der Waals surface area contributed by atoms with Crippen molar-refractivity contribution in [2.75, 3.05) is 5.73 Å². The van der Waals surface area contributed by atoms with Crippen molar-refractivity contribution >= 4 is 23.3 Å². The maximum Gasteiger partial charge on any atom is 0.340 e. The Labute approximate surface area is 122 Å². The van der Waals surface area contributed by atoms with Crippen LogP contribution in [0.1, 0.15) is 35.9 Å². The summed E-state index contributed by atoms with van der Waals surface area (Å²) in [6.45, 7) is 4.15. The molecule has 0 fully saturated rings. The van der Waals surface area contributed by atoms with Crippen LogP contribution in [0.4, 0.5) is 5.69 Å². The summed E-state index contributed by atoms with van der Waals surface area (Å²) in [6, 6.07) is 6.94. The molecule has 0 aliphatic carbocycles. The lowest BCUT2D eigenvalue weighted by Gasteiger charge is -2.07. The zero-order chi connectivity index (χ0) is 14.7. The summed E-state index contributed by atoms with van der Waals surface area (Å²) < 4.78 is 6.99. The molecule has 1 heterocycles. The number of ether oxygens (including phenoxy) is 1. The molecule has 0 unspecified atom stereocenters. The van der Waals surface area contributed by atoms with Crippen LogP contribution in [-0.2, 0) is 11.3 Å². The van der Waals surface area contributed by atoms with Gasteiger partial charge in [-0.2, -0.15) is 5.10 Å². The van der Waals surface area contributed by atoms with Gasteiger partial charge in [0.2, 0.25) is 0 Å². The van der Waals surface area contributed by atoms with Crippen molar-refractivity contribution < 1.29 is 9.53 Å². The highest BCUT2D eigenvalue weighted by atomic mass is 35.5. The summed E-state index contributed by atoms with van der Waals surface area (Å²) in [6.07, 6.45) is 1.85. The topological polar surface area (TPSA) is 70.1 Å². The van der Waals surface area contributed by atoms with E-state index in [1.165, 1.54) is 0 Å². The number of hydrogen-bond donors (Lipinski definition) is 1. The molecule has 1 aromatic carbocycles. The fourth-order valence-electron chi connectivity index (χ4n) is 1.67. The number of carbonyl (C=O) groups is 1. The summed E-state index contributed by atoms with van der Waals surface area (Å²) in [7, 11) is 0. The first-order valence-electron chi connectivity index (χ1n) is 6.24. The van der Waals surface area contributed by atoms with Crippen molar-refractivity contribution in [2.45, 2.75) is 26.5 Å². The lowest BCUT2D eigenvalue weighted by Crippen LogP contribution is -2.08. The summed E-state index contributed by atoms with van der Waals surface area (Å²) in [5.41, 5.74) is 6.95. The predicted molar refractivity (Wildman–Crippen MR) is 77.6 cm³/mol. The Hall–Kier alpha value is -2.01. The second-order valence-electron chi connectivity index (χ2n) is 4.67. The van der Waals surface area contributed by atoms with Crippen LogP contribution in [-0.4, -0.2) is 15.7 Å². The number of benzene rings is 1. The maximum atomic E-state index is 11.9. The Morgan fingerprint density at radius 3 is 2.85 bits per heavy atom. The van der Waals surface area contributed by atoms with Gasteiger partial charge in [-0.15, -0.1) is 0 Å². The highest BCUT2D eigenvalue weighted by Crippen LogP contribution is 2.23. The lowest BCUT2D eigenvalue weighted by molar-refractivity contribution is 0.0467. The Bertz CT molecular complexity index is 623. The molecule has 1 aromatic heterocycles. The molecule has 0 spiro atoms. The van der Waals surface area contributed by atoms with E-state index in [4.69, 9.17) is 22.1 Å². The first-order valence-corrected chi connectivity index (χ1v) is 6.62. The largest absolute Gasteiger partial charge is 0.455 e. The molecule has 2 aromatic rings. The molecule has 5 nitrogen and oxygen atoms in total. The molecular weight excluding hydrogens is 278 g/mol. The molecule has 0 atom stereocenters. The van der Waals surface area contributed by atoms with Gasteiger partial charge >= 0.3 is 5.97 Å². The van der Waals surface area contributed by atoms with Gasteiger partial charge in [-0.1, -0.05) is 17.7 Å². The fraction of sp³-hybridized carbons (Fsp3) is 0.286. The quantitative estimate of drug-likeness (QED) is 0.695. The highest BCUT2D eigenvalue weighted by molar-refractivity contribution is 6.36. The lowest BCUT2D eigenvalue weighted by atomic mass is 10.2. The van der Waals surface area contributed by atoms with Crippen LogP contribution in [0.3, 0.4) is 0 Å². The van der Waals surface area contributed by atoms with Crippen LogP contribution in [0.5, 0.6) is 0 Å².